The molecule has 0 saturated carbocycles. The van der Waals surface area contributed by atoms with Crippen LogP contribution in [0.2, 0.25) is 0 Å². The van der Waals surface area contributed by atoms with Crippen molar-refractivity contribution in [2.24, 2.45) is 5.73 Å². The van der Waals surface area contributed by atoms with Crippen LogP contribution >= 0.6 is 0 Å². The van der Waals surface area contributed by atoms with Gasteiger partial charge in [-0.05, 0) is 6.92 Å². The lowest BCUT2D eigenvalue weighted by Crippen LogP contribution is -2.21. The Balaban J connectivity index is 2.58. The van der Waals surface area contributed by atoms with Gasteiger partial charge in [0.25, 0.3) is 0 Å². The summed E-state index contributed by atoms with van der Waals surface area (Å²) in [6.45, 7) is 1.77. The van der Waals surface area contributed by atoms with Gasteiger partial charge in [0.2, 0.25) is 0 Å². The van der Waals surface area contributed by atoms with Crippen LogP contribution in [0.3, 0.4) is 0 Å². The van der Waals surface area contributed by atoms with Gasteiger partial charge >= 0.3 is 6.03 Å². The summed E-state index contributed by atoms with van der Waals surface area (Å²) in [6.07, 6.45) is 0. The third kappa shape index (κ3) is 1.74. The Morgan fingerprint density at radius 3 is 2.67 bits per heavy atom. The van der Waals surface area contributed by atoms with Crippen LogP contribution in [0.25, 0.3) is 11.3 Å². The van der Waals surface area contributed by atoms with E-state index in [1.54, 1.807) is 6.92 Å². The molecule has 0 unspecified atom stereocenters. The van der Waals surface area contributed by atoms with Crippen molar-refractivity contribution in [1.29, 1.82) is 0 Å². The second-order valence-corrected chi connectivity index (χ2v) is 3.18. The maximum absolute atomic E-state index is 11.1. The van der Waals surface area contributed by atoms with Crippen molar-refractivity contribution >= 4 is 6.03 Å². The van der Waals surface area contributed by atoms with E-state index in [1.807, 2.05) is 30.3 Å². The Kier molecular flexibility index (Phi) is 2.25. The van der Waals surface area contributed by atoms with Crippen LogP contribution in [-0.2, 0) is 0 Å². The number of hydrogen-bond acceptors (Lipinski definition) is 2. The van der Waals surface area contributed by atoms with Crippen molar-refractivity contribution in [3.05, 3.63) is 42.1 Å². The lowest BCUT2D eigenvalue weighted by molar-refractivity contribution is 0.248. The van der Waals surface area contributed by atoms with Crippen LogP contribution in [-0.4, -0.2) is 15.8 Å². The average molecular weight is 200 g/mol. The summed E-state index contributed by atoms with van der Waals surface area (Å²) >= 11 is 0. The molecule has 75 valence electrons. The number of aryl methyl sites for hydroxylation is 1. The molecule has 4 nitrogen and oxygen atoms in total. The molecule has 1 heterocycles. The normalized spacial score (nSPS) is 10.2. The van der Waals surface area contributed by atoms with Gasteiger partial charge in [0.1, 0.15) is 0 Å². The molecular weight excluding hydrogens is 190 g/mol. The molecule has 0 aliphatic carbocycles. The molecule has 0 aliphatic heterocycles. The number of hydrogen-bond donors (Lipinski definition) is 1. The fourth-order valence-corrected chi connectivity index (χ4v) is 1.40. The standard InChI is InChI=1S/C11H10N3O/c1-8-7-10(14(13-8)11(12)15)9-5-3-2-4-6-9/h2-6H,1H3,(H2,12,15). The molecule has 0 bridgehead atoms. The summed E-state index contributed by atoms with van der Waals surface area (Å²) in [5.74, 6) is 0. The highest BCUT2D eigenvalue weighted by molar-refractivity contribution is 5.79. The quantitative estimate of drug-likeness (QED) is 0.759. The lowest BCUT2D eigenvalue weighted by Gasteiger charge is -2.01. The van der Waals surface area contributed by atoms with Gasteiger partial charge in [-0.3, -0.25) is 0 Å². The number of nitrogens with two attached hydrogens (primary N) is 1. The predicted molar refractivity (Wildman–Crippen MR) is 56.2 cm³/mol. The van der Waals surface area contributed by atoms with E-state index in [0.717, 1.165) is 10.2 Å². The first-order chi connectivity index (χ1) is 7.18. The Hall–Kier alpha value is -2.10. The first-order valence-corrected chi connectivity index (χ1v) is 4.52. The molecule has 1 aromatic carbocycles. The number of carbonyl (C=O) groups is 1. The summed E-state index contributed by atoms with van der Waals surface area (Å²) in [6, 6.07) is 11.8. The van der Waals surface area contributed by atoms with E-state index < -0.39 is 6.03 Å². The monoisotopic (exact) mass is 200 g/mol. The summed E-state index contributed by atoms with van der Waals surface area (Å²) in [5, 5.41) is 3.97. The van der Waals surface area contributed by atoms with E-state index in [0.29, 0.717) is 11.4 Å². The third-order valence-electron chi connectivity index (χ3n) is 2.02. The molecule has 1 aromatic heterocycles. The average Bonchev–Trinajstić information content (AvgIpc) is 2.62. The van der Waals surface area contributed by atoms with Gasteiger partial charge in [0.15, 0.2) is 0 Å². The zero-order chi connectivity index (χ0) is 10.8. The Bertz CT molecular complexity index is 488. The highest BCUT2D eigenvalue weighted by atomic mass is 16.2. The molecule has 0 aliphatic rings. The zero-order valence-corrected chi connectivity index (χ0v) is 8.27. The first-order valence-electron chi connectivity index (χ1n) is 4.52. The SMILES string of the molecule is Cc1[c]c(-c2ccccc2)n(C(N)=O)n1. The van der Waals surface area contributed by atoms with E-state index >= 15 is 0 Å². The van der Waals surface area contributed by atoms with Crippen LogP contribution < -0.4 is 5.73 Å². The number of amides is 1. The topological polar surface area (TPSA) is 60.9 Å². The molecule has 2 N–H and O–H groups in total. The van der Waals surface area contributed by atoms with Gasteiger partial charge in [0.05, 0.1) is 11.4 Å². The van der Waals surface area contributed by atoms with E-state index in [2.05, 4.69) is 11.2 Å². The molecule has 2 aromatic rings. The van der Waals surface area contributed by atoms with Crippen molar-refractivity contribution in [3.8, 4) is 11.3 Å². The molecule has 1 radical (unpaired) electrons. The molecule has 15 heavy (non-hydrogen) atoms. The predicted octanol–water partition coefficient (Wildman–Crippen LogP) is 1.59. The summed E-state index contributed by atoms with van der Waals surface area (Å²) in [5.41, 5.74) is 7.32. The van der Waals surface area contributed by atoms with E-state index in [4.69, 9.17) is 5.73 Å². The van der Waals surface area contributed by atoms with Gasteiger partial charge in [-0.15, -0.1) is 0 Å². The number of primary amides is 1. The van der Waals surface area contributed by atoms with E-state index in [-0.39, 0.29) is 0 Å². The van der Waals surface area contributed by atoms with E-state index in [1.165, 1.54) is 0 Å². The smallest absolute Gasteiger partial charge is 0.340 e. The van der Waals surface area contributed by atoms with Gasteiger partial charge < -0.3 is 5.73 Å². The number of rotatable bonds is 1. The summed E-state index contributed by atoms with van der Waals surface area (Å²) in [4.78, 5) is 11.1. The second-order valence-electron chi connectivity index (χ2n) is 3.18. The van der Waals surface area contributed by atoms with Crippen molar-refractivity contribution in [2.75, 3.05) is 0 Å². The number of carbonyl (C=O) groups excluding carboxylic acids is 1. The third-order valence-corrected chi connectivity index (χ3v) is 2.02. The molecule has 0 fully saturated rings. The van der Waals surface area contributed by atoms with E-state index in [9.17, 15) is 4.79 Å². The van der Waals surface area contributed by atoms with Crippen LogP contribution in [0.4, 0.5) is 4.79 Å². The lowest BCUT2D eigenvalue weighted by atomic mass is 10.1. The van der Waals surface area contributed by atoms with Crippen molar-refractivity contribution < 1.29 is 4.79 Å². The molecule has 4 heteroatoms. The molecule has 0 atom stereocenters. The maximum Gasteiger partial charge on any atom is 0.340 e. The molecular formula is C11H10N3O. The fraction of sp³-hybridized carbons (Fsp3) is 0.0909. The molecule has 0 spiro atoms. The second kappa shape index (κ2) is 3.57. The van der Waals surface area contributed by atoms with Gasteiger partial charge in [0, 0.05) is 11.6 Å². The highest BCUT2D eigenvalue weighted by Gasteiger charge is 2.11. The minimum absolute atomic E-state index is 0.598. The van der Waals surface area contributed by atoms with Crippen molar-refractivity contribution in [2.45, 2.75) is 6.92 Å². The fourth-order valence-electron chi connectivity index (χ4n) is 1.40. The Morgan fingerprint density at radius 1 is 1.40 bits per heavy atom. The largest absolute Gasteiger partial charge is 0.350 e. The molecule has 2 rings (SSSR count). The summed E-state index contributed by atoms with van der Waals surface area (Å²) < 4.78 is 1.16. The van der Waals surface area contributed by atoms with Gasteiger partial charge in [-0.1, -0.05) is 30.3 Å². The first kappa shape index (κ1) is 9.45. The minimum Gasteiger partial charge on any atom is -0.350 e. The number of nitrogens with zero attached hydrogens (tertiary/aromatic N) is 2. The number of aromatic nitrogens is 2. The van der Waals surface area contributed by atoms with Crippen LogP contribution in [0.5, 0.6) is 0 Å². The Morgan fingerprint density at radius 2 is 2.07 bits per heavy atom. The van der Waals surface area contributed by atoms with Crippen LogP contribution in [0, 0.1) is 13.0 Å². The van der Waals surface area contributed by atoms with Crippen molar-refractivity contribution in [3.63, 3.8) is 0 Å². The van der Waals surface area contributed by atoms with Crippen LogP contribution in [0.1, 0.15) is 5.69 Å². The number of benzene rings is 1. The molecule has 0 saturated heterocycles. The van der Waals surface area contributed by atoms with Crippen molar-refractivity contribution in [1.82, 2.24) is 9.78 Å². The Labute approximate surface area is 87.3 Å². The van der Waals surface area contributed by atoms with Gasteiger partial charge in [-0.25, -0.2) is 4.79 Å². The highest BCUT2D eigenvalue weighted by Crippen LogP contribution is 2.18. The minimum atomic E-state index is -0.599. The maximum atomic E-state index is 11.1. The zero-order valence-electron chi connectivity index (χ0n) is 8.27. The summed E-state index contributed by atoms with van der Waals surface area (Å²) in [7, 11) is 0. The molecule has 1 amide bonds. The van der Waals surface area contributed by atoms with Crippen LogP contribution in [0.15, 0.2) is 30.3 Å². The van der Waals surface area contributed by atoms with Gasteiger partial charge in [-0.2, -0.15) is 9.78 Å².